The molecule has 4 nitrogen and oxygen atoms in total. The van der Waals surface area contributed by atoms with Gasteiger partial charge in [0.2, 0.25) is 11.6 Å². The average Bonchev–Trinajstić information content (AvgIpc) is 2.82. The summed E-state index contributed by atoms with van der Waals surface area (Å²) in [6.45, 7) is 7.96. The largest absolute Gasteiger partial charge is 0.494 e. The first-order valence-electron chi connectivity index (χ1n) is 8.31. The summed E-state index contributed by atoms with van der Waals surface area (Å²) in [5.74, 6) is -1.03. The van der Waals surface area contributed by atoms with Gasteiger partial charge in [-0.15, -0.1) is 0 Å². The Morgan fingerprint density at radius 1 is 0.720 bits per heavy atom. The lowest BCUT2D eigenvalue weighted by Gasteiger charge is -2.32. The summed E-state index contributed by atoms with van der Waals surface area (Å²) in [5.41, 5.74) is 0.726. The minimum atomic E-state index is -0.522. The Morgan fingerprint density at radius 3 is 1.64 bits per heavy atom. The number of ketones is 2. The van der Waals surface area contributed by atoms with E-state index in [0.717, 1.165) is 5.46 Å². The highest BCUT2D eigenvalue weighted by Gasteiger charge is 2.51. The van der Waals surface area contributed by atoms with Crippen molar-refractivity contribution < 1.29 is 18.9 Å². The molecule has 0 aromatic heterocycles. The molecule has 0 bridgehead atoms. The molecule has 1 aliphatic rings. The molecule has 2 aromatic rings. The smallest absolute Gasteiger partial charge is 0.399 e. The summed E-state index contributed by atoms with van der Waals surface area (Å²) in [6, 6.07) is 15.4. The number of rotatable bonds is 4. The van der Waals surface area contributed by atoms with Gasteiger partial charge in [-0.3, -0.25) is 9.59 Å². The molecule has 3 rings (SSSR count). The van der Waals surface area contributed by atoms with Gasteiger partial charge in [-0.1, -0.05) is 54.6 Å². The Morgan fingerprint density at radius 2 is 1.16 bits per heavy atom. The van der Waals surface area contributed by atoms with E-state index < -0.39 is 29.9 Å². The molecule has 1 saturated heterocycles. The number of benzene rings is 2. The van der Waals surface area contributed by atoms with E-state index in [2.05, 4.69) is 0 Å². The van der Waals surface area contributed by atoms with Gasteiger partial charge in [0.25, 0.3) is 0 Å². The molecule has 1 aliphatic heterocycles. The predicted octanol–water partition coefficient (Wildman–Crippen LogP) is 3.05. The number of Topliss-reactive ketones (excluding diaryl/α,β-unsaturated/α-hetero) is 2. The van der Waals surface area contributed by atoms with Crippen molar-refractivity contribution in [1.82, 2.24) is 0 Å². The molecule has 1 fully saturated rings. The number of carbonyl (C=O) groups excluding carboxylic acids is 2. The SMILES string of the molecule is CC1(C)OB(c2ccc(C(=O)C(=O)c3ccccc3)cc2)OC1(C)C. The molecule has 5 heteroatoms. The summed E-state index contributed by atoms with van der Waals surface area (Å²) >= 11 is 0. The summed E-state index contributed by atoms with van der Waals surface area (Å²) in [4.78, 5) is 24.6. The number of hydrogen-bond donors (Lipinski definition) is 0. The molecular weight excluding hydrogens is 315 g/mol. The fraction of sp³-hybridized carbons (Fsp3) is 0.300. The molecule has 0 spiro atoms. The lowest BCUT2D eigenvalue weighted by atomic mass is 9.78. The predicted molar refractivity (Wildman–Crippen MR) is 97.3 cm³/mol. The third-order valence-corrected chi connectivity index (χ3v) is 4.94. The van der Waals surface area contributed by atoms with Gasteiger partial charge in [0.1, 0.15) is 0 Å². The minimum absolute atomic E-state index is 0.356. The van der Waals surface area contributed by atoms with E-state index in [1.165, 1.54) is 0 Å². The summed E-state index contributed by atoms with van der Waals surface area (Å²) < 4.78 is 12.0. The fourth-order valence-electron chi connectivity index (χ4n) is 2.62. The molecule has 0 unspecified atom stereocenters. The first-order chi connectivity index (χ1) is 11.7. The van der Waals surface area contributed by atoms with Crippen LogP contribution in [-0.2, 0) is 9.31 Å². The molecule has 1 heterocycles. The van der Waals surface area contributed by atoms with Crippen LogP contribution >= 0.6 is 0 Å². The van der Waals surface area contributed by atoms with E-state index in [1.54, 1.807) is 54.6 Å². The summed E-state index contributed by atoms with van der Waals surface area (Å²) in [5, 5.41) is 0. The highest BCUT2D eigenvalue weighted by atomic mass is 16.7. The number of hydrogen-bond acceptors (Lipinski definition) is 4. The molecule has 0 radical (unpaired) electrons. The van der Waals surface area contributed by atoms with E-state index in [9.17, 15) is 9.59 Å². The summed E-state index contributed by atoms with van der Waals surface area (Å²) in [6.07, 6.45) is 0. The highest BCUT2D eigenvalue weighted by molar-refractivity contribution is 6.62. The summed E-state index contributed by atoms with van der Waals surface area (Å²) in [7, 11) is -0.487. The lowest BCUT2D eigenvalue weighted by molar-refractivity contribution is 0.00578. The minimum Gasteiger partial charge on any atom is -0.399 e. The maximum atomic E-state index is 12.4. The Kier molecular flexibility index (Phi) is 4.39. The third kappa shape index (κ3) is 3.30. The van der Waals surface area contributed by atoms with Gasteiger partial charge < -0.3 is 9.31 Å². The van der Waals surface area contributed by atoms with E-state index in [1.807, 2.05) is 27.7 Å². The van der Waals surface area contributed by atoms with Crippen molar-refractivity contribution in [3.8, 4) is 0 Å². The molecule has 2 aromatic carbocycles. The van der Waals surface area contributed by atoms with Gasteiger partial charge in [0.05, 0.1) is 11.2 Å². The van der Waals surface area contributed by atoms with Crippen molar-refractivity contribution in [3.05, 3.63) is 65.7 Å². The van der Waals surface area contributed by atoms with Crippen LogP contribution in [0, 0.1) is 0 Å². The first-order valence-corrected chi connectivity index (χ1v) is 8.31. The molecule has 25 heavy (non-hydrogen) atoms. The maximum Gasteiger partial charge on any atom is 0.494 e. The van der Waals surface area contributed by atoms with Gasteiger partial charge in [0, 0.05) is 11.1 Å². The second kappa shape index (κ2) is 6.25. The van der Waals surface area contributed by atoms with E-state index in [4.69, 9.17) is 9.31 Å². The van der Waals surface area contributed by atoms with Crippen molar-refractivity contribution in [2.24, 2.45) is 0 Å². The van der Waals surface area contributed by atoms with Crippen LogP contribution in [0.1, 0.15) is 48.4 Å². The number of carbonyl (C=O) groups is 2. The van der Waals surface area contributed by atoms with Gasteiger partial charge in [-0.2, -0.15) is 0 Å². The molecule has 0 amide bonds. The van der Waals surface area contributed by atoms with Crippen LogP contribution in [0.15, 0.2) is 54.6 Å². The van der Waals surface area contributed by atoms with E-state index >= 15 is 0 Å². The molecule has 128 valence electrons. The second-order valence-electron chi connectivity index (χ2n) is 7.23. The third-order valence-electron chi connectivity index (χ3n) is 4.94. The Balaban J connectivity index is 1.77. The van der Waals surface area contributed by atoms with Crippen LogP contribution < -0.4 is 5.46 Å². The van der Waals surface area contributed by atoms with Gasteiger partial charge in [-0.25, -0.2) is 0 Å². The molecule has 0 aliphatic carbocycles. The van der Waals surface area contributed by atoms with Crippen molar-refractivity contribution in [1.29, 1.82) is 0 Å². The topological polar surface area (TPSA) is 52.6 Å². The highest BCUT2D eigenvalue weighted by Crippen LogP contribution is 2.36. The Bertz CT molecular complexity index is 778. The van der Waals surface area contributed by atoms with Crippen LogP contribution in [0.4, 0.5) is 0 Å². The average molecular weight is 336 g/mol. The van der Waals surface area contributed by atoms with Gasteiger partial charge in [0.15, 0.2) is 0 Å². The molecule has 0 saturated carbocycles. The Labute approximate surface area is 148 Å². The zero-order valence-corrected chi connectivity index (χ0v) is 14.9. The van der Waals surface area contributed by atoms with Gasteiger partial charge in [-0.05, 0) is 33.2 Å². The van der Waals surface area contributed by atoms with E-state index in [-0.39, 0.29) is 0 Å². The zero-order chi connectivity index (χ0) is 18.2. The van der Waals surface area contributed by atoms with Crippen LogP contribution in [0.2, 0.25) is 0 Å². The van der Waals surface area contributed by atoms with Crippen LogP contribution in [-0.4, -0.2) is 29.9 Å². The quantitative estimate of drug-likeness (QED) is 0.489. The van der Waals surface area contributed by atoms with Crippen molar-refractivity contribution in [2.75, 3.05) is 0 Å². The van der Waals surface area contributed by atoms with Crippen LogP contribution in [0.5, 0.6) is 0 Å². The van der Waals surface area contributed by atoms with Crippen LogP contribution in [0.3, 0.4) is 0 Å². The second-order valence-corrected chi connectivity index (χ2v) is 7.23. The standard InChI is InChI=1S/C20H21BO4/c1-19(2)20(3,4)25-21(24-19)16-12-10-15(11-13-16)18(23)17(22)14-8-6-5-7-9-14/h5-13H,1-4H3. The van der Waals surface area contributed by atoms with Gasteiger partial charge >= 0.3 is 7.12 Å². The molecule has 0 N–H and O–H groups in total. The van der Waals surface area contributed by atoms with Crippen LogP contribution in [0.25, 0.3) is 0 Å². The normalized spacial score (nSPS) is 18.2. The fourth-order valence-corrected chi connectivity index (χ4v) is 2.62. The lowest BCUT2D eigenvalue weighted by Crippen LogP contribution is -2.41. The maximum absolute atomic E-state index is 12.4. The molecular formula is C20H21BO4. The monoisotopic (exact) mass is 336 g/mol. The van der Waals surface area contributed by atoms with Crippen molar-refractivity contribution in [2.45, 2.75) is 38.9 Å². The zero-order valence-electron chi connectivity index (χ0n) is 14.9. The Hall–Kier alpha value is -2.24. The van der Waals surface area contributed by atoms with Crippen molar-refractivity contribution >= 4 is 24.1 Å². The molecule has 0 atom stereocenters. The van der Waals surface area contributed by atoms with Crippen molar-refractivity contribution in [3.63, 3.8) is 0 Å². The van der Waals surface area contributed by atoms with E-state index in [0.29, 0.717) is 11.1 Å². The first kappa shape index (κ1) is 17.6.